The first kappa shape index (κ1) is 10.9. The lowest BCUT2D eigenvalue weighted by atomic mass is 10.1. The van der Waals surface area contributed by atoms with Crippen LogP contribution in [0.4, 0.5) is 11.5 Å². The predicted molar refractivity (Wildman–Crippen MR) is 79.7 cm³/mol. The van der Waals surface area contributed by atoms with E-state index in [9.17, 15) is 0 Å². The van der Waals surface area contributed by atoms with Crippen molar-refractivity contribution in [3.63, 3.8) is 0 Å². The maximum atomic E-state index is 5.84. The molecule has 3 heterocycles. The number of fused-ring (bicyclic) bond motifs is 3. The van der Waals surface area contributed by atoms with Gasteiger partial charge in [-0.3, -0.25) is 0 Å². The van der Waals surface area contributed by atoms with Crippen molar-refractivity contribution in [2.75, 3.05) is 17.6 Å². The third-order valence-electron chi connectivity index (χ3n) is 3.60. The summed E-state index contributed by atoms with van der Waals surface area (Å²) in [6, 6.07) is 10.5. The van der Waals surface area contributed by atoms with Crippen LogP contribution in [-0.2, 0) is 0 Å². The Balaban J connectivity index is 1.93. The van der Waals surface area contributed by atoms with E-state index < -0.39 is 0 Å². The van der Waals surface area contributed by atoms with Crippen molar-refractivity contribution in [2.24, 2.45) is 0 Å². The predicted octanol–water partition coefficient (Wildman–Crippen LogP) is 3.09. The van der Waals surface area contributed by atoms with Gasteiger partial charge < -0.3 is 11.1 Å². The summed E-state index contributed by atoms with van der Waals surface area (Å²) < 4.78 is 2.11. The zero-order valence-corrected chi connectivity index (χ0v) is 11.2. The maximum absolute atomic E-state index is 5.84. The summed E-state index contributed by atoms with van der Waals surface area (Å²) >= 11 is 1.79. The molecule has 1 aliphatic heterocycles. The first-order valence-electron chi connectivity index (χ1n) is 6.38. The SMILES string of the molecule is Nc1ccc2c3n(nc2c1)C(c1cccs1)CCN3. The fourth-order valence-electron chi connectivity index (χ4n) is 2.72. The van der Waals surface area contributed by atoms with Crippen LogP contribution in [0.2, 0.25) is 0 Å². The zero-order chi connectivity index (χ0) is 12.8. The summed E-state index contributed by atoms with van der Waals surface area (Å²) in [5, 5.41) is 11.5. The molecule has 1 atom stereocenters. The van der Waals surface area contributed by atoms with Crippen LogP contribution in [0, 0.1) is 0 Å². The van der Waals surface area contributed by atoms with Crippen molar-refractivity contribution in [2.45, 2.75) is 12.5 Å². The second-order valence-electron chi connectivity index (χ2n) is 4.82. The van der Waals surface area contributed by atoms with Gasteiger partial charge in [-0.05, 0) is 36.1 Å². The zero-order valence-electron chi connectivity index (χ0n) is 10.3. The number of anilines is 2. The highest BCUT2D eigenvalue weighted by atomic mass is 32.1. The smallest absolute Gasteiger partial charge is 0.133 e. The van der Waals surface area contributed by atoms with Gasteiger partial charge >= 0.3 is 0 Å². The second kappa shape index (κ2) is 3.99. The molecule has 0 saturated carbocycles. The third-order valence-corrected chi connectivity index (χ3v) is 4.57. The highest BCUT2D eigenvalue weighted by molar-refractivity contribution is 7.10. The van der Waals surface area contributed by atoms with E-state index in [4.69, 9.17) is 10.8 Å². The van der Waals surface area contributed by atoms with E-state index in [1.54, 1.807) is 11.3 Å². The average Bonchev–Trinajstić information content (AvgIpc) is 3.04. The Kier molecular flexibility index (Phi) is 2.29. The van der Waals surface area contributed by atoms with Gasteiger partial charge in [0.05, 0.1) is 11.6 Å². The Morgan fingerprint density at radius 1 is 1.37 bits per heavy atom. The molecule has 1 unspecified atom stereocenters. The maximum Gasteiger partial charge on any atom is 0.133 e. The van der Waals surface area contributed by atoms with Gasteiger partial charge in [-0.1, -0.05) is 6.07 Å². The van der Waals surface area contributed by atoms with Gasteiger partial charge in [-0.15, -0.1) is 11.3 Å². The van der Waals surface area contributed by atoms with E-state index in [2.05, 4.69) is 27.5 Å². The van der Waals surface area contributed by atoms with Crippen LogP contribution in [0.15, 0.2) is 35.7 Å². The summed E-state index contributed by atoms with van der Waals surface area (Å²) in [5.74, 6) is 1.11. The number of thiophene rings is 1. The molecule has 1 aliphatic rings. The molecule has 0 fully saturated rings. The number of nitrogens with one attached hydrogen (secondary N) is 1. The van der Waals surface area contributed by atoms with E-state index in [0.717, 1.165) is 35.4 Å². The largest absolute Gasteiger partial charge is 0.399 e. The highest BCUT2D eigenvalue weighted by Gasteiger charge is 2.25. The third kappa shape index (κ3) is 1.62. The van der Waals surface area contributed by atoms with E-state index >= 15 is 0 Å². The number of hydrogen-bond acceptors (Lipinski definition) is 4. The number of benzene rings is 1. The van der Waals surface area contributed by atoms with Crippen LogP contribution >= 0.6 is 11.3 Å². The number of nitrogens with two attached hydrogens (primary N) is 1. The molecule has 0 saturated heterocycles. The molecule has 19 heavy (non-hydrogen) atoms. The highest BCUT2D eigenvalue weighted by Crippen LogP contribution is 2.36. The number of hydrogen-bond donors (Lipinski definition) is 2. The van der Waals surface area contributed by atoms with Crippen molar-refractivity contribution in [3.8, 4) is 0 Å². The summed E-state index contributed by atoms with van der Waals surface area (Å²) in [7, 11) is 0. The van der Waals surface area contributed by atoms with Crippen molar-refractivity contribution >= 4 is 33.7 Å². The van der Waals surface area contributed by atoms with Crippen molar-refractivity contribution in [1.82, 2.24) is 9.78 Å². The van der Waals surface area contributed by atoms with Gasteiger partial charge in [-0.2, -0.15) is 5.10 Å². The molecule has 4 nitrogen and oxygen atoms in total. The Hall–Kier alpha value is -2.01. The molecule has 4 rings (SSSR count). The van der Waals surface area contributed by atoms with Gasteiger partial charge in [0.2, 0.25) is 0 Å². The normalized spacial score (nSPS) is 18.2. The molecule has 1 aromatic carbocycles. The minimum Gasteiger partial charge on any atom is -0.399 e. The second-order valence-corrected chi connectivity index (χ2v) is 5.80. The monoisotopic (exact) mass is 270 g/mol. The van der Waals surface area contributed by atoms with Crippen molar-refractivity contribution in [1.29, 1.82) is 0 Å². The molecule has 96 valence electrons. The Morgan fingerprint density at radius 2 is 2.32 bits per heavy atom. The minimum absolute atomic E-state index is 0.338. The molecule has 5 heteroatoms. The molecular formula is C14H14N4S. The number of nitrogens with zero attached hydrogens (tertiary/aromatic N) is 2. The molecule has 3 N–H and O–H groups in total. The summed E-state index contributed by atoms with van der Waals surface area (Å²) in [4.78, 5) is 1.36. The van der Waals surface area contributed by atoms with Gasteiger partial charge in [0.25, 0.3) is 0 Å². The van der Waals surface area contributed by atoms with Crippen LogP contribution in [0.5, 0.6) is 0 Å². The first-order chi connectivity index (χ1) is 9.33. The lowest BCUT2D eigenvalue weighted by Crippen LogP contribution is -2.23. The first-order valence-corrected chi connectivity index (χ1v) is 7.26. The fourth-order valence-corrected chi connectivity index (χ4v) is 3.56. The van der Waals surface area contributed by atoms with E-state index in [0.29, 0.717) is 6.04 Å². The van der Waals surface area contributed by atoms with Crippen LogP contribution in [0.25, 0.3) is 10.9 Å². The average molecular weight is 270 g/mol. The van der Waals surface area contributed by atoms with Gasteiger partial charge in [-0.25, -0.2) is 4.68 Å². The summed E-state index contributed by atoms with van der Waals surface area (Å²) in [6.45, 7) is 0.980. The number of rotatable bonds is 1. The molecular weight excluding hydrogens is 256 g/mol. The van der Waals surface area contributed by atoms with Crippen LogP contribution in [0.3, 0.4) is 0 Å². The van der Waals surface area contributed by atoms with E-state index in [-0.39, 0.29) is 0 Å². The van der Waals surface area contributed by atoms with Crippen LogP contribution in [-0.4, -0.2) is 16.3 Å². The van der Waals surface area contributed by atoms with E-state index in [1.165, 1.54) is 4.88 Å². The standard InChI is InChI=1S/C14H14N4S/c15-9-3-4-10-11(8-9)17-18-12(5-6-16-14(10)18)13-2-1-7-19-13/h1-4,7-8,12,16H,5-6,15H2. The van der Waals surface area contributed by atoms with E-state index in [1.807, 2.05) is 18.2 Å². The molecule has 2 aromatic heterocycles. The molecule has 3 aromatic rings. The van der Waals surface area contributed by atoms with Crippen LogP contribution in [0.1, 0.15) is 17.3 Å². The van der Waals surface area contributed by atoms with Crippen LogP contribution < -0.4 is 11.1 Å². The Morgan fingerprint density at radius 3 is 3.16 bits per heavy atom. The molecule has 0 radical (unpaired) electrons. The lowest BCUT2D eigenvalue weighted by Gasteiger charge is -2.24. The van der Waals surface area contributed by atoms with Gasteiger partial charge in [0, 0.05) is 22.5 Å². The Labute approximate surface area is 114 Å². The lowest BCUT2D eigenvalue weighted by molar-refractivity contribution is 0.492. The minimum atomic E-state index is 0.338. The van der Waals surface area contributed by atoms with Crippen molar-refractivity contribution < 1.29 is 0 Å². The molecule has 0 aliphatic carbocycles. The summed E-state index contributed by atoms with van der Waals surface area (Å²) in [6.07, 6.45) is 1.07. The number of nitrogen functional groups attached to an aromatic ring is 1. The van der Waals surface area contributed by atoms with Gasteiger partial charge in [0.15, 0.2) is 0 Å². The quantitative estimate of drug-likeness (QED) is 0.668. The van der Waals surface area contributed by atoms with Gasteiger partial charge in [0.1, 0.15) is 5.82 Å². The number of aromatic nitrogens is 2. The molecule has 0 bridgehead atoms. The molecule has 0 amide bonds. The summed E-state index contributed by atoms with van der Waals surface area (Å²) in [5.41, 5.74) is 7.57. The fraction of sp³-hybridized carbons (Fsp3) is 0.214. The Bertz CT molecular complexity index is 729. The van der Waals surface area contributed by atoms with Crippen molar-refractivity contribution in [3.05, 3.63) is 40.6 Å². The topological polar surface area (TPSA) is 55.9 Å². The molecule has 0 spiro atoms.